The first kappa shape index (κ1) is 15.1. The molecule has 0 aliphatic carbocycles. The first-order chi connectivity index (χ1) is 11.1. The zero-order valence-electron chi connectivity index (χ0n) is 13.1. The predicted octanol–water partition coefficient (Wildman–Crippen LogP) is 2.09. The lowest BCUT2D eigenvalue weighted by Crippen LogP contribution is -2.39. The Morgan fingerprint density at radius 1 is 1.17 bits per heavy atom. The SMILES string of the molecule is CC(C)N1C(=O)C[C@@H](Nc2ccnc(-c3ccccc3)n2)C1=O. The zero-order chi connectivity index (χ0) is 16.4. The van der Waals surface area contributed by atoms with Gasteiger partial charge in [0.25, 0.3) is 5.91 Å². The van der Waals surface area contributed by atoms with Gasteiger partial charge in [-0.05, 0) is 19.9 Å². The van der Waals surface area contributed by atoms with Crippen LogP contribution in [0.3, 0.4) is 0 Å². The summed E-state index contributed by atoms with van der Waals surface area (Å²) in [6, 6.07) is 10.6. The van der Waals surface area contributed by atoms with Crippen molar-refractivity contribution in [3.63, 3.8) is 0 Å². The molecule has 1 aliphatic rings. The summed E-state index contributed by atoms with van der Waals surface area (Å²) in [6.07, 6.45) is 1.79. The van der Waals surface area contributed by atoms with E-state index in [0.29, 0.717) is 11.6 Å². The number of carbonyl (C=O) groups excluding carboxylic acids is 2. The summed E-state index contributed by atoms with van der Waals surface area (Å²) in [5.41, 5.74) is 0.897. The van der Waals surface area contributed by atoms with Gasteiger partial charge < -0.3 is 5.32 Å². The van der Waals surface area contributed by atoms with Crippen molar-refractivity contribution < 1.29 is 9.59 Å². The number of imide groups is 1. The minimum absolute atomic E-state index is 0.132. The van der Waals surface area contributed by atoms with Crippen LogP contribution >= 0.6 is 0 Å². The molecule has 6 nitrogen and oxygen atoms in total. The highest BCUT2D eigenvalue weighted by Gasteiger charge is 2.40. The highest BCUT2D eigenvalue weighted by molar-refractivity contribution is 6.07. The number of hydrogen-bond donors (Lipinski definition) is 1. The molecular weight excluding hydrogens is 292 g/mol. The maximum atomic E-state index is 12.3. The van der Waals surface area contributed by atoms with Gasteiger partial charge in [0.15, 0.2) is 5.82 Å². The number of nitrogens with one attached hydrogen (secondary N) is 1. The van der Waals surface area contributed by atoms with Crippen molar-refractivity contribution in [2.75, 3.05) is 5.32 Å². The molecule has 0 bridgehead atoms. The summed E-state index contributed by atoms with van der Waals surface area (Å²) < 4.78 is 0. The molecule has 118 valence electrons. The van der Waals surface area contributed by atoms with Crippen LogP contribution in [-0.4, -0.2) is 38.8 Å². The van der Waals surface area contributed by atoms with Gasteiger partial charge in [0, 0.05) is 17.8 Å². The van der Waals surface area contributed by atoms with Crippen molar-refractivity contribution in [3.8, 4) is 11.4 Å². The van der Waals surface area contributed by atoms with Crippen LogP contribution in [0.1, 0.15) is 20.3 Å². The highest BCUT2D eigenvalue weighted by atomic mass is 16.2. The van der Waals surface area contributed by atoms with Gasteiger partial charge in [-0.3, -0.25) is 14.5 Å². The second kappa shape index (κ2) is 6.16. The molecular formula is C17H18N4O2. The molecule has 1 fully saturated rings. The van der Waals surface area contributed by atoms with E-state index in [4.69, 9.17) is 0 Å². The maximum Gasteiger partial charge on any atom is 0.252 e. The van der Waals surface area contributed by atoms with Gasteiger partial charge in [-0.2, -0.15) is 0 Å². The number of likely N-dealkylation sites (tertiary alicyclic amines) is 1. The van der Waals surface area contributed by atoms with E-state index in [1.807, 2.05) is 44.2 Å². The fourth-order valence-corrected chi connectivity index (χ4v) is 2.65. The molecule has 2 aromatic rings. The van der Waals surface area contributed by atoms with Crippen molar-refractivity contribution in [2.45, 2.75) is 32.4 Å². The highest BCUT2D eigenvalue weighted by Crippen LogP contribution is 2.21. The van der Waals surface area contributed by atoms with Crippen molar-refractivity contribution in [3.05, 3.63) is 42.6 Å². The average Bonchev–Trinajstić information content (AvgIpc) is 2.82. The van der Waals surface area contributed by atoms with Gasteiger partial charge in [0.1, 0.15) is 11.9 Å². The Hall–Kier alpha value is -2.76. The number of rotatable bonds is 4. The van der Waals surface area contributed by atoms with Crippen molar-refractivity contribution in [1.29, 1.82) is 0 Å². The standard InChI is InChI=1S/C17H18N4O2/c1-11(2)21-15(22)10-13(17(21)23)19-14-8-9-18-16(20-14)12-6-4-3-5-7-12/h3-9,11,13H,10H2,1-2H3,(H,18,19,20)/t13-/m1/s1. The van der Waals surface area contributed by atoms with Crippen molar-refractivity contribution in [2.24, 2.45) is 0 Å². The molecule has 1 aromatic carbocycles. The third kappa shape index (κ3) is 3.06. The topological polar surface area (TPSA) is 75.2 Å². The molecule has 3 rings (SSSR count). The van der Waals surface area contributed by atoms with Crippen LogP contribution in [-0.2, 0) is 9.59 Å². The minimum atomic E-state index is -0.566. The van der Waals surface area contributed by atoms with E-state index in [2.05, 4.69) is 15.3 Å². The fourth-order valence-electron chi connectivity index (χ4n) is 2.65. The molecule has 0 saturated carbocycles. The maximum absolute atomic E-state index is 12.3. The number of benzene rings is 1. The molecule has 0 radical (unpaired) electrons. The molecule has 0 spiro atoms. The van der Waals surface area contributed by atoms with Crippen LogP contribution in [0.4, 0.5) is 5.82 Å². The van der Waals surface area contributed by atoms with Gasteiger partial charge in [0.2, 0.25) is 5.91 Å². The quantitative estimate of drug-likeness (QED) is 0.875. The monoisotopic (exact) mass is 310 g/mol. The van der Waals surface area contributed by atoms with Crippen LogP contribution in [0.15, 0.2) is 42.6 Å². The van der Waals surface area contributed by atoms with Gasteiger partial charge in [0.05, 0.1) is 6.42 Å². The Morgan fingerprint density at radius 3 is 2.57 bits per heavy atom. The second-order valence-electron chi connectivity index (χ2n) is 5.73. The smallest absolute Gasteiger partial charge is 0.252 e. The van der Waals surface area contributed by atoms with E-state index in [1.54, 1.807) is 12.3 Å². The van der Waals surface area contributed by atoms with E-state index in [1.165, 1.54) is 4.90 Å². The largest absolute Gasteiger partial charge is 0.358 e. The molecule has 1 aromatic heterocycles. The van der Waals surface area contributed by atoms with Gasteiger partial charge in [-0.25, -0.2) is 9.97 Å². The lowest BCUT2D eigenvalue weighted by Gasteiger charge is -2.19. The number of hydrogen-bond acceptors (Lipinski definition) is 5. The number of aromatic nitrogens is 2. The summed E-state index contributed by atoms with van der Waals surface area (Å²) in [5, 5.41) is 3.05. The Bertz CT molecular complexity index is 730. The second-order valence-corrected chi connectivity index (χ2v) is 5.73. The molecule has 0 unspecified atom stereocenters. The normalized spacial score (nSPS) is 17.9. The number of carbonyl (C=O) groups is 2. The average molecular weight is 310 g/mol. The van der Waals surface area contributed by atoms with Gasteiger partial charge in [-0.15, -0.1) is 0 Å². The Morgan fingerprint density at radius 2 is 1.91 bits per heavy atom. The molecule has 2 amide bonds. The molecule has 1 aliphatic heterocycles. The van der Waals surface area contributed by atoms with Crippen LogP contribution in [0.2, 0.25) is 0 Å². The minimum Gasteiger partial charge on any atom is -0.358 e. The van der Waals surface area contributed by atoms with Gasteiger partial charge in [-0.1, -0.05) is 30.3 Å². The van der Waals surface area contributed by atoms with E-state index in [-0.39, 0.29) is 24.3 Å². The summed E-state index contributed by atoms with van der Waals surface area (Å²) in [6.45, 7) is 3.66. The first-order valence-corrected chi connectivity index (χ1v) is 7.57. The summed E-state index contributed by atoms with van der Waals surface area (Å²) in [5.74, 6) is 0.758. The lowest BCUT2D eigenvalue weighted by molar-refractivity contribution is -0.140. The van der Waals surface area contributed by atoms with Crippen molar-refractivity contribution in [1.82, 2.24) is 14.9 Å². The summed E-state index contributed by atoms with van der Waals surface area (Å²) in [7, 11) is 0. The van der Waals surface area contributed by atoms with Crippen LogP contribution in [0, 0.1) is 0 Å². The van der Waals surface area contributed by atoms with Crippen LogP contribution < -0.4 is 5.32 Å². The van der Waals surface area contributed by atoms with E-state index < -0.39 is 6.04 Å². The van der Waals surface area contributed by atoms with Crippen LogP contribution in [0.5, 0.6) is 0 Å². The fraction of sp³-hybridized carbons (Fsp3) is 0.294. The molecule has 23 heavy (non-hydrogen) atoms. The zero-order valence-corrected chi connectivity index (χ0v) is 13.1. The van der Waals surface area contributed by atoms with E-state index in [0.717, 1.165) is 5.56 Å². The third-order valence-electron chi connectivity index (χ3n) is 3.71. The first-order valence-electron chi connectivity index (χ1n) is 7.57. The summed E-state index contributed by atoms with van der Waals surface area (Å²) >= 11 is 0. The summed E-state index contributed by atoms with van der Waals surface area (Å²) in [4.78, 5) is 34.2. The van der Waals surface area contributed by atoms with Crippen LogP contribution in [0.25, 0.3) is 11.4 Å². The molecule has 2 heterocycles. The Kier molecular flexibility index (Phi) is 4.06. The number of nitrogens with zero attached hydrogens (tertiary/aromatic N) is 3. The molecule has 6 heteroatoms. The third-order valence-corrected chi connectivity index (χ3v) is 3.71. The molecule has 1 saturated heterocycles. The molecule has 1 atom stereocenters. The Balaban J connectivity index is 1.79. The predicted molar refractivity (Wildman–Crippen MR) is 86.5 cm³/mol. The van der Waals surface area contributed by atoms with E-state index in [9.17, 15) is 9.59 Å². The Labute approximate surface area is 134 Å². The van der Waals surface area contributed by atoms with E-state index >= 15 is 0 Å². The van der Waals surface area contributed by atoms with Gasteiger partial charge >= 0.3 is 0 Å². The number of amides is 2. The molecule has 1 N–H and O–H groups in total. The number of anilines is 1. The van der Waals surface area contributed by atoms with Crippen molar-refractivity contribution >= 4 is 17.6 Å². The lowest BCUT2D eigenvalue weighted by atomic mass is 10.2.